The van der Waals surface area contributed by atoms with Crippen LogP contribution in [-0.2, 0) is 4.74 Å². The molecule has 31 heavy (non-hydrogen) atoms. The lowest BCUT2D eigenvalue weighted by molar-refractivity contribution is -0.0684. The first-order valence-electron chi connectivity index (χ1n) is 12.2. The Labute approximate surface area is 191 Å². The van der Waals surface area contributed by atoms with E-state index in [1.54, 1.807) is 0 Å². The Bertz CT molecular complexity index is 728. The van der Waals surface area contributed by atoms with Gasteiger partial charge in [-0.25, -0.2) is 4.72 Å². The summed E-state index contributed by atoms with van der Waals surface area (Å²) in [7, 11) is 0. The predicted octanol–water partition coefficient (Wildman–Crippen LogP) is 2.64. The molecule has 1 aromatic carbocycles. The van der Waals surface area contributed by atoms with Crippen LogP contribution < -0.4 is 20.7 Å². The van der Waals surface area contributed by atoms with Gasteiger partial charge in [-0.1, -0.05) is 36.6 Å². The van der Waals surface area contributed by atoms with Gasteiger partial charge in [-0.05, 0) is 55.7 Å². The fraction of sp³-hybridized carbons (Fsp3) is 0.750. The van der Waals surface area contributed by atoms with Crippen LogP contribution in [-0.4, -0.2) is 61.5 Å². The summed E-state index contributed by atoms with van der Waals surface area (Å²) in [6.45, 7) is 9.88. The standard InChI is InChI=1S/C24H39N5OS/c1-16-5-3-6-17(2)23(16)21-12-22-27-24(26-21)28-31-20-8-4-7-18(11-20)14-29-10-9-25-13-19(15-29)30-22/h3,5-6,18-22,24-28H,4,7-15H2,1-2H3/t18?,19-,20?,21?,22?,24?/m1/s1. The first-order chi connectivity index (χ1) is 15.1. The van der Waals surface area contributed by atoms with Gasteiger partial charge in [0.05, 0.1) is 6.10 Å². The van der Waals surface area contributed by atoms with E-state index in [-0.39, 0.29) is 24.7 Å². The van der Waals surface area contributed by atoms with Gasteiger partial charge in [-0.3, -0.25) is 15.5 Å². The second-order valence-corrected chi connectivity index (χ2v) is 11.1. The lowest BCUT2D eigenvalue weighted by Gasteiger charge is -2.40. The van der Waals surface area contributed by atoms with E-state index in [9.17, 15) is 0 Å². The fourth-order valence-corrected chi connectivity index (χ4v) is 7.12. The van der Waals surface area contributed by atoms with E-state index >= 15 is 0 Å². The van der Waals surface area contributed by atoms with Crippen LogP contribution in [0.3, 0.4) is 0 Å². The Morgan fingerprint density at radius 3 is 2.81 bits per heavy atom. The maximum absolute atomic E-state index is 6.72. The van der Waals surface area contributed by atoms with E-state index in [4.69, 9.17) is 4.74 Å². The van der Waals surface area contributed by atoms with Crippen LogP contribution in [0.25, 0.3) is 0 Å². The van der Waals surface area contributed by atoms with Gasteiger partial charge in [0, 0.05) is 50.4 Å². The molecule has 3 aliphatic heterocycles. The van der Waals surface area contributed by atoms with Crippen LogP contribution in [0.4, 0.5) is 0 Å². The Morgan fingerprint density at radius 2 is 1.94 bits per heavy atom. The van der Waals surface area contributed by atoms with Crippen molar-refractivity contribution in [3.8, 4) is 0 Å². The summed E-state index contributed by atoms with van der Waals surface area (Å²) in [4.78, 5) is 2.66. The van der Waals surface area contributed by atoms with Crippen molar-refractivity contribution < 1.29 is 4.74 Å². The first kappa shape index (κ1) is 22.1. The lowest BCUT2D eigenvalue weighted by atomic mass is 9.88. The van der Waals surface area contributed by atoms with Crippen LogP contribution in [0.2, 0.25) is 0 Å². The summed E-state index contributed by atoms with van der Waals surface area (Å²) in [5.74, 6) is 0.815. The summed E-state index contributed by atoms with van der Waals surface area (Å²) in [5, 5.41) is 11.9. The van der Waals surface area contributed by atoms with Gasteiger partial charge in [-0.2, -0.15) is 0 Å². The van der Waals surface area contributed by atoms with Crippen LogP contribution >= 0.6 is 11.9 Å². The number of nitrogens with zero attached hydrogens (tertiary/aromatic N) is 1. The number of fused-ring (bicyclic) bond motifs is 6. The molecule has 1 saturated carbocycles. The van der Waals surface area contributed by atoms with E-state index in [1.165, 1.54) is 48.9 Å². The quantitative estimate of drug-likeness (QED) is 0.496. The smallest absolute Gasteiger partial charge is 0.123 e. The van der Waals surface area contributed by atoms with E-state index < -0.39 is 0 Å². The number of aryl methyl sites for hydroxylation is 2. The van der Waals surface area contributed by atoms with Crippen LogP contribution in [0.1, 0.15) is 54.8 Å². The molecule has 3 heterocycles. The zero-order valence-corrected chi connectivity index (χ0v) is 19.8. The van der Waals surface area contributed by atoms with Crippen molar-refractivity contribution in [2.45, 2.75) is 75.9 Å². The van der Waals surface area contributed by atoms with Gasteiger partial charge < -0.3 is 10.1 Å². The third kappa shape index (κ3) is 5.46. The molecule has 6 nitrogen and oxygen atoms in total. The molecule has 5 rings (SSSR count). The minimum absolute atomic E-state index is 0.0373. The minimum Gasteiger partial charge on any atom is -0.357 e. The molecule has 0 spiro atoms. The number of rotatable bonds is 1. The second-order valence-electron chi connectivity index (χ2n) is 9.96. The summed E-state index contributed by atoms with van der Waals surface area (Å²) >= 11 is 1.94. The molecule has 6 unspecified atom stereocenters. The molecular formula is C24H39N5OS. The average Bonchev–Trinajstić information content (AvgIpc) is 2.96. The highest BCUT2D eigenvalue weighted by molar-refractivity contribution is 7.98. The highest BCUT2D eigenvalue weighted by Crippen LogP contribution is 2.33. The van der Waals surface area contributed by atoms with Gasteiger partial charge >= 0.3 is 0 Å². The maximum Gasteiger partial charge on any atom is 0.123 e. The van der Waals surface area contributed by atoms with Gasteiger partial charge in [0.2, 0.25) is 0 Å². The molecule has 4 fully saturated rings. The van der Waals surface area contributed by atoms with E-state index in [2.05, 4.69) is 57.6 Å². The lowest BCUT2D eigenvalue weighted by Crippen LogP contribution is -2.61. The monoisotopic (exact) mass is 445 g/mol. The molecule has 172 valence electrons. The van der Waals surface area contributed by atoms with Gasteiger partial charge in [0.15, 0.2) is 0 Å². The zero-order chi connectivity index (χ0) is 21.2. The predicted molar refractivity (Wildman–Crippen MR) is 128 cm³/mol. The largest absolute Gasteiger partial charge is 0.357 e. The molecule has 4 N–H and O–H groups in total. The zero-order valence-electron chi connectivity index (χ0n) is 19.0. The Morgan fingerprint density at radius 1 is 1.06 bits per heavy atom. The molecule has 0 aromatic heterocycles. The van der Waals surface area contributed by atoms with Crippen LogP contribution in [0, 0.1) is 19.8 Å². The number of hydrogen-bond acceptors (Lipinski definition) is 7. The van der Waals surface area contributed by atoms with E-state index in [1.807, 2.05) is 11.9 Å². The highest BCUT2D eigenvalue weighted by Gasteiger charge is 2.34. The van der Waals surface area contributed by atoms with Gasteiger partial charge in [0.1, 0.15) is 12.5 Å². The average molecular weight is 446 g/mol. The van der Waals surface area contributed by atoms with Crippen molar-refractivity contribution >= 4 is 11.9 Å². The van der Waals surface area contributed by atoms with Crippen molar-refractivity contribution in [1.29, 1.82) is 0 Å². The fourth-order valence-electron chi connectivity index (χ4n) is 6.00. The SMILES string of the molecule is Cc1cccc(C)c1C1CC2NC(NSC3CCCC(C3)CN3CCNC[C@H](C3)O2)N1. The third-order valence-corrected chi connectivity index (χ3v) is 8.59. The second kappa shape index (κ2) is 10.1. The van der Waals surface area contributed by atoms with E-state index in [0.29, 0.717) is 5.25 Å². The molecule has 0 amide bonds. The van der Waals surface area contributed by atoms with Crippen molar-refractivity contribution in [2.75, 3.05) is 32.7 Å². The Balaban J connectivity index is 1.39. The molecule has 3 saturated heterocycles. The van der Waals surface area contributed by atoms with Crippen molar-refractivity contribution in [3.63, 3.8) is 0 Å². The topological polar surface area (TPSA) is 60.6 Å². The van der Waals surface area contributed by atoms with Crippen LogP contribution in [0.15, 0.2) is 18.2 Å². The normalized spacial score (nSPS) is 39.5. The molecule has 1 aromatic rings. The maximum atomic E-state index is 6.72. The summed E-state index contributed by atoms with van der Waals surface area (Å²) in [6.07, 6.45) is 6.63. The van der Waals surface area contributed by atoms with Crippen molar-refractivity contribution in [2.24, 2.45) is 5.92 Å². The van der Waals surface area contributed by atoms with Crippen molar-refractivity contribution in [3.05, 3.63) is 34.9 Å². The molecule has 7 atom stereocenters. The molecule has 1 aliphatic carbocycles. The molecular weight excluding hydrogens is 406 g/mol. The molecule has 6 bridgehead atoms. The summed E-state index contributed by atoms with van der Waals surface area (Å²) in [6, 6.07) is 6.91. The number of hydrogen-bond donors (Lipinski definition) is 4. The Kier molecular flexibility index (Phi) is 7.20. The number of ether oxygens (including phenoxy) is 1. The Hall–Kier alpha value is -0.670. The third-order valence-electron chi connectivity index (χ3n) is 7.46. The molecule has 4 aliphatic rings. The van der Waals surface area contributed by atoms with Crippen LogP contribution in [0.5, 0.6) is 0 Å². The van der Waals surface area contributed by atoms with E-state index in [0.717, 1.165) is 38.5 Å². The first-order valence-corrected chi connectivity index (χ1v) is 13.1. The number of nitrogens with one attached hydrogen (secondary N) is 4. The summed E-state index contributed by atoms with van der Waals surface area (Å²) < 4.78 is 10.5. The highest BCUT2D eigenvalue weighted by atomic mass is 32.2. The minimum atomic E-state index is 0.0373. The van der Waals surface area contributed by atoms with Gasteiger partial charge in [-0.15, -0.1) is 0 Å². The van der Waals surface area contributed by atoms with Crippen molar-refractivity contribution in [1.82, 2.24) is 25.6 Å². The number of benzene rings is 1. The summed E-state index contributed by atoms with van der Waals surface area (Å²) in [5.41, 5.74) is 4.15. The van der Waals surface area contributed by atoms with Gasteiger partial charge in [0.25, 0.3) is 0 Å². The molecule has 7 heteroatoms. The molecule has 0 radical (unpaired) electrons.